The van der Waals surface area contributed by atoms with Crippen molar-refractivity contribution in [3.8, 4) is 0 Å². The van der Waals surface area contributed by atoms with Crippen LogP contribution in [0.4, 0.5) is 5.69 Å². The Labute approximate surface area is 124 Å². The minimum absolute atomic E-state index is 0.00160. The number of aryl methyl sites for hydroxylation is 1. The van der Waals surface area contributed by atoms with Crippen molar-refractivity contribution >= 4 is 29.3 Å². The Morgan fingerprint density at radius 1 is 1.30 bits per heavy atom. The van der Waals surface area contributed by atoms with E-state index in [1.807, 2.05) is 37.4 Å². The lowest BCUT2D eigenvalue weighted by atomic mass is 10.1. The van der Waals surface area contributed by atoms with Gasteiger partial charge in [-0.1, -0.05) is 25.1 Å². The number of hydrogen-bond acceptors (Lipinski definition) is 3. The quantitative estimate of drug-likeness (QED) is 0.840. The summed E-state index contributed by atoms with van der Waals surface area (Å²) in [5, 5.41) is 2.87. The van der Waals surface area contributed by atoms with Crippen LogP contribution in [-0.2, 0) is 16.0 Å². The number of carbonyl (C=O) groups excluding carboxylic acids is 2. The Bertz CT molecular complexity index is 463. The zero-order valence-corrected chi connectivity index (χ0v) is 13.1. The van der Waals surface area contributed by atoms with Crippen molar-refractivity contribution in [3.05, 3.63) is 29.8 Å². The van der Waals surface area contributed by atoms with Crippen molar-refractivity contribution in [2.75, 3.05) is 30.9 Å². The van der Waals surface area contributed by atoms with Crippen LogP contribution in [0.25, 0.3) is 0 Å². The summed E-state index contributed by atoms with van der Waals surface area (Å²) >= 11 is 1.63. The molecule has 0 heterocycles. The van der Waals surface area contributed by atoms with Gasteiger partial charge in [-0.05, 0) is 24.3 Å². The molecule has 1 N–H and O–H groups in total. The summed E-state index contributed by atoms with van der Waals surface area (Å²) in [5.74, 6) is 0.618. The van der Waals surface area contributed by atoms with Gasteiger partial charge in [-0.15, -0.1) is 0 Å². The highest BCUT2D eigenvalue weighted by Crippen LogP contribution is 2.15. The van der Waals surface area contributed by atoms with E-state index in [9.17, 15) is 9.59 Å². The van der Waals surface area contributed by atoms with Crippen LogP contribution in [0, 0.1) is 0 Å². The van der Waals surface area contributed by atoms with E-state index in [4.69, 9.17) is 0 Å². The molecule has 0 bridgehead atoms. The topological polar surface area (TPSA) is 49.4 Å². The van der Waals surface area contributed by atoms with Gasteiger partial charge in [0.2, 0.25) is 11.8 Å². The maximum absolute atomic E-state index is 12.0. The van der Waals surface area contributed by atoms with Crippen molar-refractivity contribution in [2.45, 2.75) is 19.8 Å². The van der Waals surface area contributed by atoms with Gasteiger partial charge in [0.1, 0.15) is 0 Å². The van der Waals surface area contributed by atoms with Crippen LogP contribution in [0.5, 0.6) is 0 Å². The number of carbonyl (C=O) groups is 2. The van der Waals surface area contributed by atoms with Gasteiger partial charge in [-0.3, -0.25) is 9.59 Å². The Balaban J connectivity index is 2.53. The number of para-hydroxylation sites is 1. The number of amides is 2. The molecule has 0 aliphatic rings. The molecule has 1 aromatic carbocycles. The first-order valence-corrected chi connectivity index (χ1v) is 8.08. The molecule has 0 fully saturated rings. The number of nitrogens with one attached hydrogen (secondary N) is 1. The first-order chi connectivity index (χ1) is 9.58. The summed E-state index contributed by atoms with van der Waals surface area (Å²) in [5.41, 5.74) is 1.92. The summed E-state index contributed by atoms with van der Waals surface area (Å²) in [6.45, 7) is 2.13. The van der Waals surface area contributed by atoms with E-state index in [-0.39, 0.29) is 18.4 Å². The third-order valence-electron chi connectivity index (χ3n) is 3.00. The standard InChI is InChI=1S/C15H22N2O2S/c1-4-12-7-5-6-8-13(12)16-14(18)11-17(2)15(19)9-10-20-3/h5-8H,4,9-11H2,1-3H3,(H,16,18). The molecule has 0 radical (unpaired) electrons. The van der Waals surface area contributed by atoms with Gasteiger partial charge in [-0.25, -0.2) is 0 Å². The van der Waals surface area contributed by atoms with Crippen molar-refractivity contribution in [1.29, 1.82) is 0 Å². The van der Waals surface area contributed by atoms with E-state index >= 15 is 0 Å². The lowest BCUT2D eigenvalue weighted by Gasteiger charge is -2.17. The van der Waals surface area contributed by atoms with Crippen LogP contribution >= 0.6 is 11.8 Å². The van der Waals surface area contributed by atoms with E-state index in [2.05, 4.69) is 5.32 Å². The van der Waals surface area contributed by atoms with Gasteiger partial charge in [-0.2, -0.15) is 11.8 Å². The Hall–Kier alpha value is -1.49. The summed E-state index contributed by atoms with van der Waals surface area (Å²) in [6.07, 6.45) is 3.29. The van der Waals surface area contributed by atoms with E-state index < -0.39 is 0 Å². The number of thioether (sulfide) groups is 1. The van der Waals surface area contributed by atoms with Gasteiger partial charge < -0.3 is 10.2 Å². The number of likely N-dealkylation sites (N-methyl/N-ethyl adjacent to an activating group) is 1. The van der Waals surface area contributed by atoms with Crippen molar-refractivity contribution in [1.82, 2.24) is 4.90 Å². The SMILES string of the molecule is CCc1ccccc1NC(=O)CN(C)C(=O)CCSC. The minimum Gasteiger partial charge on any atom is -0.336 e. The zero-order chi connectivity index (χ0) is 15.0. The van der Waals surface area contributed by atoms with Crippen molar-refractivity contribution < 1.29 is 9.59 Å². The molecule has 110 valence electrons. The van der Waals surface area contributed by atoms with E-state index in [1.165, 1.54) is 4.90 Å². The van der Waals surface area contributed by atoms with Crippen LogP contribution < -0.4 is 5.32 Å². The normalized spacial score (nSPS) is 10.2. The van der Waals surface area contributed by atoms with Crippen molar-refractivity contribution in [3.63, 3.8) is 0 Å². The van der Waals surface area contributed by atoms with Gasteiger partial charge in [0, 0.05) is 24.9 Å². The van der Waals surface area contributed by atoms with Crippen LogP contribution in [0.1, 0.15) is 18.9 Å². The van der Waals surface area contributed by atoms with Crippen LogP contribution in [0.2, 0.25) is 0 Å². The molecule has 0 aliphatic heterocycles. The molecule has 0 saturated heterocycles. The summed E-state index contributed by atoms with van der Waals surface area (Å²) < 4.78 is 0. The van der Waals surface area contributed by atoms with Crippen molar-refractivity contribution in [2.24, 2.45) is 0 Å². The Morgan fingerprint density at radius 2 is 2.00 bits per heavy atom. The predicted molar refractivity (Wildman–Crippen MR) is 85.1 cm³/mol. The zero-order valence-electron chi connectivity index (χ0n) is 12.3. The maximum Gasteiger partial charge on any atom is 0.243 e. The third-order valence-corrected chi connectivity index (χ3v) is 3.61. The molecule has 0 unspecified atom stereocenters. The number of nitrogens with zero attached hydrogens (tertiary/aromatic N) is 1. The Kier molecular flexibility index (Phi) is 7.15. The fourth-order valence-electron chi connectivity index (χ4n) is 1.82. The van der Waals surface area contributed by atoms with Gasteiger partial charge in [0.15, 0.2) is 0 Å². The van der Waals surface area contributed by atoms with E-state index in [0.29, 0.717) is 6.42 Å². The number of benzene rings is 1. The molecule has 20 heavy (non-hydrogen) atoms. The summed E-state index contributed by atoms with van der Waals surface area (Å²) in [4.78, 5) is 25.2. The number of rotatable bonds is 7. The molecule has 0 aliphatic carbocycles. The molecule has 0 aromatic heterocycles. The highest BCUT2D eigenvalue weighted by molar-refractivity contribution is 7.98. The van der Waals surface area contributed by atoms with Crippen LogP contribution in [-0.4, -0.2) is 42.3 Å². The summed E-state index contributed by atoms with van der Waals surface area (Å²) in [7, 11) is 1.66. The third kappa shape index (κ3) is 5.25. The molecule has 4 nitrogen and oxygen atoms in total. The minimum atomic E-state index is -0.161. The monoisotopic (exact) mass is 294 g/mol. The van der Waals surface area contributed by atoms with E-state index in [1.54, 1.807) is 18.8 Å². The molecular formula is C15H22N2O2S. The highest BCUT2D eigenvalue weighted by atomic mass is 32.2. The predicted octanol–water partition coefficient (Wildman–Crippen LogP) is 2.40. The van der Waals surface area contributed by atoms with Gasteiger partial charge in [0.25, 0.3) is 0 Å². The number of hydrogen-bond donors (Lipinski definition) is 1. The average molecular weight is 294 g/mol. The van der Waals surface area contributed by atoms with Gasteiger partial charge in [0.05, 0.1) is 6.54 Å². The molecule has 0 saturated carbocycles. The largest absolute Gasteiger partial charge is 0.336 e. The second-order valence-corrected chi connectivity index (χ2v) is 5.54. The molecule has 5 heteroatoms. The first-order valence-electron chi connectivity index (χ1n) is 6.69. The smallest absolute Gasteiger partial charge is 0.243 e. The summed E-state index contributed by atoms with van der Waals surface area (Å²) in [6, 6.07) is 7.71. The molecule has 1 rings (SSSR count). The second-order valence-electron chi connectivity index (χ2n) is 4.55. The second kappa shape index (κ2) is 8.64. The lowest BCUT2D eigenvalue weighted by molar-refractivity contribution is -0.132. The molecule has 0 spiro atoms. The molecule has 1 aromatic rings. The maximum atomic E-state index is 12.0. The van der Waals surface area contributed by atoms with Crippen LogP contribution in [0.15, 0.2) is 24.3 Å². The number of anilines is 1. The highest BCUT2D eigenvalue weighted by Gasteiger charge is 2.13. The fraction of sp³-hybridized carbons (Fsp3) is 0.467. The fourth-order valence-corrected chi connectivity index (χ4v) is 2.20. The van der Waals surface area contributed by atoms with E-state index in [0.717, 1.165) is 23.4 Å². The first kappa shape index (κ1) is 16.6. The van der Waals surface area contributed by atoms with Crippen LogP contribution in [0.3, 0.4) is 0 Å². The molecule has 2 amide bonds. The Morgan fingerprint density at radius 3 is 2.65 bits per heavy atom. The van der Waals surface area contributed by atoms with Gasteiger partial charge >= 0.3 is 0 Å². The molecule has 0 atom stereocenters. The molecular weight excluding hydrogens is 272 g/mol. The average Bonchev–Trinajstić information content (AvgIpc) is 2.45. The lowest BCUT2D eigenvalue weighted by Crippen LogP contribution is -2.35.